The molecule has 0 aromatic carbocycles. The van der Waals surface area contributed by atoms with E-state index in [9.17, 15) is 0 Å². The predicted molar refractivity (Wildman–Crippen MR) is 94.6 cm³/mol. The van der Waals surface area contributed by atoms with E-state index in [1.807, 2.05) is 29.7 Å². The monoisotopic (exact) mass is 323 g/mol. The first kappa shape index (κ1) is 16.5. The summed E-state index contributed by atoms with van der Waals surface area (Å²) in [5.41, 5.74) is 1.24. The van der Waals surface area contributed by atoms with E-state index in [1.165, 1.54) is 15.4 Å². The largest absolute Gasteiger partial charge is 0.341 e. The molecule has 2 rings (SSSR count). The molecule has 0 radical (unpaired) electrons. The van der Waals surface area contributed by atoms with Gasteiger partial charge in [-0.15, -0.1) is 22.7 Å². The number of rotatable bonds is 7. The minimum absolute atomic E-state index is 0.445. The summed E-state index contributed by atoms with van der Waals surface area (Å²) in [5.74, 6) is 0.467. The van der Waals surface area contributed by atoms with Gasteiger partial charge in [-0.1, -0.05) is 19.9 Å². The molecule has 0 saturated carbocycles. The molecule has 116 valence electrons. The SMILES string of the molecule is CNCc1sc(N(Cc2cccs2)C(C)C)nc1C(C)C. The van der Waals surface area contributed by atoms with Crippen molar-refractivity contribution in [2.75, 3.05) is 11.9 Å². The second-order valence-corrected chi connectivity index (χ2v) is 7.89. The standard InChI is InChI=1S/C16H25N3S2/c1-11(2)15-14(9-17-5)21-16(18-15)19(12(3)4)10-13-7-6-8-20-13/h6-8,11-12,17H,9-10H2,1-5H3. The first-order valence-corrected chi connectivity index (χ1v) is 9.15. The van der Waals surface area contributed by atoms with Crippen LogP contribution in [0.3, 0.4) is 0 Å². The highest BCUT2D eigenvalue weighted by molar-refractivity contribution is 7.15. The Morgan fingerprint density at radius 1 is 1.29 bits per heavy atom. The van der Waals surface area contributed by atoms with E-state index in [0.29, 0.717) is 12.0 Å². The highest BCUT2D eigenvalue weighted by atomic mass is 32.1. The van der Waals surface area contributed by atoms with Crippen LogP contribution in [-0.2, 0) is 13.1 Å². The number of hydrogen-bond donors (Lipinski definition) is 1. The van der Waals surface area contributed by atoms with Crippen molar-refractivity contribution < 1.29 is 0 Å². The van der Waals surface area contributed by atoms with Gasteiger partial charge in [-0.3, -0.25) is 0 Å². The van der Waals surface area contributed by atoms with Gasteiger partial charge in [0.1, 0.15) is 0 Å². The topological polar surface area (TPSA) is 28.2 Å². The van der Waals surface area contributed by atoms with Crippen LogP contribution in [0, 0.1) is 0 Å². The Morgan fingerprint density at radius 2 is 2.05 bits per heavy atom. The molecule has 1 N–H and O–H groups in total. The lowest BCUT2D eigenvalue weighted by Gasteiger charge is -2.25. The minimum Gasteiger partial charge on any atom is -0.341 e. The lowest BCUT2D eigenvalue weighted by Crippen LogP contribution is -2.29. The Balaban J connectivity index is 2.29. The quantitative estimate of drug-likeness (QED) is 0.815. The van der Waals surface area contributed by atoms with Crippen LogP contribution in [0.1, 0.15) is 49.1 Å². The lowest BCUT2D eigenvalue weighted by molar-refractivity contribution is 0.680. The molecule has 0 saturated heterocycles. The van der Waals surface area contributed by atoms with Crippen LogP contribution < -0.4 is 10.2 Å². The second-order valence-electron chi connectivity index (χ2n) is 5.79. The van der Waals surface area contributed by atoms with Gasteiger partial charge < -0.3 is 10.2 Å². The molecule has 0 aliphatic heterocycles. The van der Waals surface area contributed by atoms with Crippen molar-refractivity contribution in [2.24, 2.45) is 0 Å². The molecule has 2 aromatic rings. The molecule has 0 spiro atoms. The molecule has 0 amide bonds. The maximum atomic E-state index is 4.94. The average molecular weight is 324 g/mol. The van der Waals surface area contributed by atoms with Crippen LogP contribution in [0.2, 0.25) is 0 Å². The van der Waals surface area contributed by atoms with Gasteiger partial charge in [-0.25, -0.2) is 4.98 Å². The molecule has 0 fully saturated rings. The number of aromatic nitrogens is 1. The predicted octanol–water partition coefficient (Wildman–Crippen LogP) is 4.46. The van der Waals surface area contributed by atoms with Gasteiger partial charge in [0.05, 0.1) is 12.2 Å². The maximum absolute atomic E-state index is 4.94. The van der Waals surface area contributed by atoms with Crippen LogP contribution in [0.4, 0.5) is 5.13 Å². The Labute approximate surface area is 136 Å². The molecule has 3 nitrogen and oxygen atoms in total. The molecule has 0 aliphatic rings. The van der Waals surface area contributed by atoms with Crippen LogP contribution in [0.5, 0.6) is 0 Å². The van der Waals surface area contributed by atoms with Gasteiger partial charge in [0.25, 0.3) is 0 Å². The summed E-state index contributed by atoms with van der Waals surface area (Å²) in [6, 6.07) is 4.76. The molecular formula is C16H25N3S2. The van der Waals surface area contributed by atoms with Gasteiger partial charge in [0.15, 0.2) is 5.13 Å². The van der Waals surface area contributed by atoms with Gasteiger partial charge in [-0.05, 0) is 38.3 Å². The number of thiophene rings is 1. The summed E-state index contributed by atoms with van der Waals surface area (Å²) in [5, 5.41) is 6.55. The van der Waals surface area contributed by atoms with Crippen molar-refractivity contribution >= 4 is 27.8 Å². The van der Waals surface area contributed by atoms with E-state index in [0.717, 1.165) is 18.2 Å². The van der Waals surface area contributed by atoms with E-state index in [2.05, 4.69) is 55.4 Å². The molecule has 2 aromatic heterocycles. The Hall–Kier alpha value is -0.910. The van der Waals surface area contributed by atoms with Crippen LogP contribution >= 0.6 is 22.7 Å². The minimum atomic E-state index is 0.445. The number of thiazole rings is 1. The van der Waals surface area contributed by atoms with E-state index < -0.39 is 0 Å². The lowest BCUT2D eigenvalue weighted by atomic mass is 10.1. The van der Waals surface area contributed by atoms with Crippen molar-refractivity contribution in [2.45, 2.75) is 52.7 Å². The number of nitrogens with zero attached hydrogens (tertiary/aromatic N) is 2. The first-order chi connectivity index (χ1) is 10.0. The van der Waals surface area contributed by atoms with Gasteiger partial charge in [0.2, 0.25) is 0 Å². The third kappa shape index (κ3) is 4.05. The Bertz CT molecular complexity index is 544. The van der Waals surface area contributed by atoms with Gasteiger partial charge in [0, 0.05) is 22.3 Å². The fraction of sp³-hybridized carbons (Fsp3) is 0.562. The van der Waals surface area contributed by atoms with Crippen LogP contribution in [0.25, 0.3) is 0 Å². The van der Waals surface area contributed by atoms with Crippen molar-refractivity contribution in [1.29, 1.82) is 0 Å². The zero-order valence-electron chi connectivity index (χ0n) is 13.5. The molecule has 0 bridgehead atoms. The molecule has 0 aliphatic carbocycles. The fourth-order valence-electron chi connectivity index (χ4n) is 2.25. The van der Waals surface area contributed by atoms with E-state index in [-0.39, 0.29) is 0 Å². The first-order valence-electron chi connectivity index (χ1n) is 7.46. The van der Waals surface area contributed by atoms with Crippen molar-refractivity contribution in [3.8, 4) is 0 Å². The van der Waals surface area contributed by atoms with Gasteiger partial charge >= 0.3 is 0 Å². The summed E-state index contributed by atoms with van der Waals surface area (Å²) in [6.45, 7) is 10.8. The van der Waals surface area contributed by atoms with Crippen LogP contribution in [-0.4, -0.2) is 18.1 Å². The molecule has 5 heteroatoms. The smallest absolute Gasteiger partial charge is 0.186 e. The summed E-state index contributed by atoms with van der Waals surface area (Å²) in [7, 11) is 2.00. The zero-order chi connectivity index (χ0) is 15.4. The molecular weight excluding hydrogens is 298 g/mol. The third-order valence-electron chi connectivity index (χ3n) is 3.38. The van der Waals surface area contributed by atoms with Crippen molar-refractivity contribution in [1.82, 2.24) is 10.3 Å². The molecule has 0 atom stereocenters. The summed E-state index contributed by atoms with van der Waals surface area (Å²) >= 11 is 3.64. The van der Waals surface area contributed by atoms with Crippen LogP contribution in [0.15, 0.2) is 17.5 Å². The fourth-order valence-corrected chi connectivity index (χ4v) is 4.32. The number of hydrogen-bond acceptors (Lipinski definition) is 5. The average Bonchev–Trinajstić information content (AvgIpc) is 3.05. The Kier molecular flexibility index (Phi) is 5.79. The second kappa shape index (κ2) is 7.38. The third-order valence-corrected chi connectivity index (χ3v) is 5.35. The van der Waals surface area contributed by atoms with E-state index in [4.69, 9.17) is 4.98 Å². The van der Waals surface area contributed by atoms with E-state index in [1.54, 1.807) is 0 Å². The zero-order valence-corrected chi connectivity index (χ0v) is 15.1. The summed E-state index contributed by atoms with van der Waals surface area (Å²) in [6.07, 6.45) is 0. The Morgan fingerprint density at radius 3 is 2.57 bits per heavy atom. The highest BCUT2D eigenvalue weighted by Gasteiger charge is 2.20. The molecule has 21 heavy (non-hydrogen) atoms. The summed E-state index contributed by atoms with van der Waals surface area (Å²) in [4.78, 5) is 10.1. The van der Waals surface area contributed by atoms with Crippen molar-refractivity contribution in [3.05, 3.63) is 33.0 Å². The highest BCUT2D eigenvalue weighted by Crippen LogP contribution is 2.33. The number of anilines is 1. The van der Waals surface area contributed by atoms with Gasteiger partial charge in [-0.2, -0.15) is 0 Å². The normalized spacial score (nSPS) is 11.6. The van der Waals surface area contributed by atoms with Crippen molar-refractivity contribution in [3.63, 3.8) is 0 Å². The number of nitrogens with one attached hydrogen (secondary N) is 1. The molecule has 0 unspecified atom stereocenters. The maximum Gasteiger partial charge on any atom is 0.186 e. The van der Waals surface area contributed by atoms with E-state index >= 15 is 0 Å². The molecule has 2 heterocycles. The summed E-state index contributed by atoms with van der Waals surface area (Å²) < 4.78 is 0.